The molecule has 0 radical (unpaired) electrons. The highest BCUT2D eigenvalue weighted by Gasteiger charge is 2.49. The van der Waals surface area contributed by atoms with Crippen LogP contribution in [0.4, 0.5) is 11.4 Å². The number of aryl methyl sites for hydroxylation is 1. The van der Waals surface area contributed by atoms with Gasteiger partial charge < -0.3 is 20.8 Å². The van der Waals surface area contributed by atoms with Crippen molar-refractivity contribution in [2.45, 2.75) is 18.5 Å². The predicted octanol–water partition coefficient (Wildman–Crippen LogP) is 2.58. The summed E-state index contributed by atoms with van der Waals surface area (Å²) in [4.78, 5) is 4.73. The molecular weight excluding hydrogens is 304 g/mol. The fraction of sp³-hybridized carbons (Fsp3) is 0.294. The molecule has 3 heterocycles. The van der Waals surface area contributed by atoms with Gasteiger partial charge in [-0.25, -0.2) is 4.99 Å². The van der Waals surface area contributed by atoms with Gasteiger partial charge in [0.2, 0.25) is 5.96 Å². The van der Waals surface area contributed by atoms with Gasteiger partial charge in [0.25, 0.3) is 0 Å². The fourth-order valence-corrected chi connectivity index (χ4v) is 3.33. The maximum Gasteiger partial charge on any atom is 0.202 e. The summed E-state index contributed by atoms with van der Waals surface area (Å²) < 4.78 is 7.45. The van der Waals surface area contributed by atoms with Gasteiger partial charge in [-0.1, -0.05) is 0 Å². The third-order valence-electron chi connectivity index (χ3n) is 4.79. The van der Waals surface area contributed by atoms with Crippen LogP contribution in [0, 0.1) is 5.92 Å². The zero-order valence-corrected chi connectivity index (χ0v) is 13.3. The molecule has 1 atom stereocenters. The highest BCUT2D eigenvalue weighted by molar-refractivity contribution is 6.06. The average molecular weight is 322 g/mol. The van der Waals surface area contributed by atoms with Crippen molar-refractivity contribution in [1.82, 2.24) is 9.78 Å². The van der Waals surface area contributed by atoms with Crippen LogP contribution in [0.15, 0.2) is 46.1 Å². The zero-order valence-electron chi connectivity index (χ0n) is 13.3. The number of furan rings is 1. The van der Waals surface area contributed by atoms with Gasteiger partial charge in [0, 0.05) is 30.1 Å². The molecule has 7 nitrogen and oxygen atoms in total. The van der Waals surface area contributed by atoms with Crippen LogP contribution in [0.2, 0.25) is 0 Å². The van der Waals surface area contributed by atoms with Crippen LogP contribution >= 0.6 is 0 Å². The minimum atomic E-state index is -0.789. The molecule has 1 aliphatic carbocycles. The molecule has 5 rings (SSSR count). The largest absolute Gasteiger partial charge is 0.463 e. The van der Waals surface area contributed by atoms with Crippen LogP contribution < -0.4 is 16.4 Å². The van der Waals surface area contributed by atoms with Crippen molar-refractivity contribution in [3.8, 4) is 0 Å². The summed E-state index contributed by atoms with van der Waals surface area (Å²) in [5.41, 5.74) is 8.67. The second-order valence-corrected chi connectivity index (χ2v) is 6.52. The second kappa shape index (κ2) is 4.61. The van der Waals surface area contributed by atoms with Crippen LogP contribution in [0.5, 0.6) is 0 Å². The molecular formula is C17H18N6O. The summed E-state index contributed by atoms with van der Waals surface area (Å²) in [6, 6.07) is 7.98. The first-order valence-corrected chi connectivity index (χ1v) is 8.06. The standard InChI is InChI=1S/C17H18N6O/c1-23-14-8-12(5-2-10(14)9-19-23)20-16-21-13-6-7-24-15(13)17(18,22-16)11-3-4-11/h2,5-9,11H,3-4,18H2,1H3,(H2,20,21,22). The number of nitrogens with one attached hydrogen (secondary N) is 2. The molecule has 2 aliphatic rings. The Morgan fingerprint density at radius 1 is 1.38 bits per heavy atom. The molecule has 0 bridgehead atoms. The highest BCUT2D eigenvalue weighted by atomic mass is 16.3. The Morgan fingerprint density at radius 3 is 3.08 bits per heavy atom. The number of aromatic nitrogens is 2. The van der Waals surface area contributed by atoms with Gasteiger partial charge >= 0.3 is 0 Å². The number of nitrogens with two attached hydrogens (primary N) is 1. The first kappa shape index (κ1) is 13.6. The topological polar surface area (TPSA) is 93.4 Å². The van der Waals surface area contributed by atoms with Crippen molar-refractivity contribution in [3.05, 3.63) is 42.5 Å². The monoisotopic (exact) mass is 322 g/mol. The average Bonchev–Trinajstić information content (AvgIpc) is 3.23. The SMILES string of the molecule is Cn1ncc2ccc(NC3=NC(N)(C4CC4)c4occc4N3)cc21. The number of guanidine groups is 1. The van der Waals surface area contributed by atoms with Crippen LogP contribution in [0.1, 0.15) is 18.6 Å². The van der Waals surface area contributed by atoms with E-state index in [0.717, 1.165) is 40.9 Å². The number of benzene rings is 1. The minimum Gasteiger partial charge on any atom is -0.463 e. The molecule has 122 valence electrons. The smallest absolute Gasteiger partial charge is 0.202 e. The van der Waals surface area contributed by atoms with Crippen LogP contribution in [-0.2, 0) is 12.7 Å². The minimum absolute atomic E-state index is 0.334. The van der Waals surface area contributed by atoms with E-state index in [4.69, 9.17) is 15.1 Å². The summed E-state index contributed by atoms with van der Waals surface area (Å²) in [6.45, 7) is 0. The molecule has 1 unspecified atom stereocenters. The van der Waals surface area contributed by atoms with E-state index in [1.807, 2.05) is 42.2 Å². The lowest BCUT2D eigenvalue weighted by Gasteiger charge is -2.30. The molecule has 1 aliphatic heterocycles. The summed E-state index contributed by atoms with van der Waals surface area (Å²) in [7, 11) is 1.93. The highest BCUT2D eigenvalue weighted by Crippen LogP contribution is 2.48. The molecule has 1 saturated carbocycles. The third-order valence-corrected chi connectivity index (χ3v) is 4.79. The Bertz CT molecular complexity index is 967. The van der Waals surface area contributed by atoms with Crippen LogP contribution in [0.25, 0.3) is 10.9 Å². The summed E-state index contributed by atoms with van der Waals surface area (Å²) >= 11 is 0. The van der Waals surface area contributed by atoms with Gasteiger partial charge in [0.15, 0.2) is 11.4 Å². The molecule has 24 heavy (non-hydrogen) atoms. The van der Waals surface area contributed by atoms with Crippen molar-refractivity contribution in [2.75, 3.05) is 10.6 Å². The van der Waals surface area contributed by atoms with Crippen molar-refractivity contribution >= 4 is 28.2 Å². The molecule has 0 saturated heterocycles. The quantitative estimate of drug-likeness (QED) is 0.674. The molecule has 7 heteroatoms. The maximum absolute atomic E-state index is 6.59. The van der Waals surface area contributed by atoms with Crippen molar-refractivity contribution < 1.29 is 4.42 Å². The van der Waals surface area contributed by atoms with Crippen molar-refractivity contribution in [1.29, 1.82) is 0 Å². The molecule has 4 N–H and O–H groups in total. The summed E-state index contributed by atoms with van der Waals surface area (Å²) in [6.07, 6.45) is 5.66. The van der Waals surface area contributed by atoms with Gasteiger partial charge in [-0.3, -0.25) is 4.68 Å². The van der Waals surface area contributed by atoms with Crippen molar-refractivity contribution in [3.63, 3.8) is 0 Å². The number of nitrogens with zero attached hydrogens (tertiary/aromatic N) is 3. The molecule has 1 aromatic carbocycles. The Balaban J connectivity index is 1.51. The van der Waals surface area contributed by atoms with E-state index in [1.54, 1.807) is 6.26 Å². The predicted molar refractivity (Wildman–Crippen MR) is 92.7 cm³/mol. The fourth-order valence-electron chi connectivity index (χ4n) is 3.33. The Morgan fingerprint density at radius 2 is 2.25 bits per heavy atom. The lowest BCUT2D eigenvalue weighted by Crippen LogP contribution is -2.44. The van der Waals surface area contributed by atoms with Gasteiger partial charge in [0.05, 0.1) is 23.7 Å². The number of hydrogen-bond acceptors (Lipinski definition) is 6. The van der Waals surface area contributed by atoms with E-state index in [2.05, 4.69) is 15.7 Å². The van der Waals surface area contributed by atoms with Crippen LogP contribution in [0.3, 0.4) is 0 Å². The normalized spacial score (nSPS) is 22.8. The lowest BCUT2D eigenvalue weighted by molar-refractivity contribution is 0.315. The first-order chi connectivity index (χ1) is 11.6. The Labute approximate surface area is 138 Å². The number of aliphatic imine (C=N–C) groups is 1. The van der Waals surface area contributed by atoms with E-state index < -0.39 is 5.66 Å². The lowest BCUT2D eigenvalue weighted by atomic mass is 10.0. The second-order valence-electron chi connectivity index (χ2n) is 6.52. The molecule has 1 fully saturated rings. The van der Waals surface area contributed by atoms with E-state index in [0.29, 0.717) is 11.9 Å². The van der Waals surface area contributed by atoms with Gasteiger partial charge in [-0.15, -0.1) is 0 Å². The van der Waals surface area contributed by atoms with Gasteiger partial charge in [-0.2, -0.15) is 5.10 Å². The summed E-state index contributed by atoms with van der Waals surface area (Å²) in [5, 5.41) is 12.0. The Kier molecular flexibility index (Phi) is 2.62. The Hall–Kier alpha value is -2.80. The van der Waals surface area contributed by atoms with Crippen molar-refractivity contribution in [2.24, 2.45) is 23.7 Å². The van der Waals surface area contributed by atoms with E-state index in [1.165, 1.54) is 0 Å². The van der Waals surface area contributed by atoms with Crippen LogP contribution in [-0.4, -0.2) is 15.7 Å². The number of fused-ring (bicyclic) bond motifs is 2. The zero-order chi connectivity index (χ0) is 16.3. The molecule has 2 aromatic heterocycles. The van der Waals surface area contributed by atoms with E-state index in [-0.39, 0.29) is 0 Å². The van der Waals surface area contributed by atoms with E-state index in [9.17, 15) is 0 Å². The van der Waals surface area contributed by atoms with Gasteiger partial charge in [0.1, 0.15) is 0 Å². The maximum atomic E-state index is 6.59. The van der Waals surface area contributed by atoms with Gasteiger partial charge in [-0.05, 0) is 31.0 Å². The first-order valence-electron chi connectivity index (χ1n) is 8.06. The number of hydrogen-bond donors (Lipinski definition) is 3. The van der Waals surface area contributed by atoms with E-state index >= 15 is 0 Å². The summed E-state index contributed by atoms with van der Waals surface area (Å²) in [5.74, 6) is 1.69. The third kappa shape index (κ3) is 1.94. The molecule has 0 amide bonds. The number of anilines is 2. The molecule has 3 aromatic rings. The molecule has 0 spiro atoms. The number of rotatable bonds is 2.